The molecule has 1 spiro atoms. The maximum absolute atomic E-state index is 13.3. The summed E-state index contributed by atoms with van der Waals surface area (Å²) < 4.78 is 41.4. The molecular weight excluding hydrogens is 393 g/mol. The summed E-state index contributed by atoms with van der Waals surface area (Å²) in [4.78, 5) is 8.99. The predicted octanol–water partition coefficient (Wildman–Crippen LogP) is 4.91. The van der Waals surface area contributed by atoms with E-state index >= 15 is 0 Å². The number of nitrogens with zero attached hydrogens (tertiary/aromatic N) is 3. The van der Waals surface area contributed by atoms with Crippen LogP contribution in [0.1, 0.15) is 44.6 Å². The Bertz CT molecular complexity index is 1100. The maximum atomic E-state index is 13.3. The molecule has 5 nitrogen and oxygen atoms in total. The number of imidazole rings is 1. The number of halogens is 3. The van der Waals surface area contributed by atoms with E-state index in [0.29, 0.717) is 28.5 Å². The van der Waals surface area contributed by atoms with Crippen molar-refractivity contribution in [2.45, 2.75) is 56.8 Å². The van der Waals surface area contributed by atoms with Gasteiger partial charge in [-0.3, -0.25) is 4.40 Å². The third-order valence-electron chi connectivity index (χ3n) is 6.75. The lowest BCUT2D eigenvalue weighted by Crippen LogP contribution is -2.39. The zero-order valence-corrected chi connectivity index (χ0v) is 16.6. The van der Waals surface area contributed by atoms with E-state index in [-0.39, 0.29) is 5.56 Å². The van der Waals surface area contributed by atoms with E-state index in [9.17, 15) is 18.3 Å². The van der Waals surface area contributed by atoms with Crippen molar-refractivity contribution in [2.24, 2.45) is 5.41 Å². The van der Waals surface area contributed by atoms with Crippen LogP contribution in [0.25, 0.3) is 17.0 Å². The monoisotopic (exact) mass is 416 g/mol. The van der Waals surface area contributed by atoms with Crippen LogP contribution in [0.5, 0.6) is 0 Å². The van der Waals surface area contributed by atoms with Crippen molar-refractivity contribution in [2.75, 3.05) is 5.32 Å². The molecule has 2 atom stereocenters. The first-order chi connectivity index (χ1) is 14.2. The zero-order valence-electron chi connectivity index (χ0n) is 16.6. The lowest BCUT2D eigenvalue weighted by atomic mass is 9.97. The van der Waals surface area contributed by atoms with E-state index in [4.69, 9.17) is 4.98 Å². The minimum Gasteiger partial charge on any atom is -0.376 e. The average molecular weight is 416 g/mol. The molecule has 0 amide bonds. The molecule has 2 N–H and O–H groups in total. The fourth-order valence-corrected chi connectivity index (χ4v) is 4.58. The Morgan fingerprint density at radius 2 is 1.97 bits per heavy atom. The summed E-state index contributed by atoms with van der Waals surface area (Å²) in [6.07, 6.45) is 4.24. The molecule has 2 saturated carbocycles. The third-order valence-corrected chi connectivity index (χ3v) is 6.75. The molecule has 0 bridgehead atoms. The van der Waals surface area contributed by atoms with Gasteiger partial charge in [0.1, 0.15) is 11.5 Å². The Balaban J connectivity index is 1.50. The van der Waals surface area contributed by atoms with Crippen molar-refractivity contribution in [3.63, 3.8) is 0 Å². The molecule has 158 valence electrons. The van der Waals surface area contributed by atoms with E-state index in [1.54, 1.807) is 10.6 Å². The molecule has 3 heterocycles. The Morgan fingerprint density at radius 3 is 2.70 bits per heavy atom. The van der Waals surface area contributed by atoms with Crippen LogP contribution in [0.4, 0.5) is 19.0 Å². The highest BCUT2D eigenvalue weighted by molar-refractivity contribution is 5.62. The molecule has 0 unspecified atom stereocenters. The number of alkyl halides is 3. The fourth-order valence-electron chi connectivity index (χ4n) is 4.58. The standard InChI is InChI=1S/C22H23F3N4O/c1-20(30,22(23,24)25)14-7-8-19-26-12-16(29(19)13-14)15-4-2-6-18(27-15)28-17-5-3-9-21(17)10-11-21/h2,4,6-8,12-13,17,30H,3,5,9-11H2,1H3,(H,27,28)/t17-,20-/m0/s1. The van der Waals surface area contributed by atoms with Gasteiger partial charge in [-0.2, -0.15) is 13.2 Å². The summed E-state index contributed by atoms with van der Waals surface area (Å²) in [6.45, 7) is 0.753. The number of fused-ring (bicyclic) bond motifs is 1. The molecule has 2 aliphatic rings. The van der Waals surface area contributed by atoms with Crippen molar-refractivity contribution in [1.82, 2.24) is 14.4 Å². The van der Waals surface area contributed by atoms with Gasteiger partial charge in [-0.05, 0) is 56.2 Å². The van der Waals surface area contributed by atoms with Crippen LogP contribution in [0.2, 0.25) is 0 Å². The Kier molecular flexibility index (Phi) is 4.16. The molecular formula is C22H23F3N4O. The normalized spacial score (nSPS) is 22.4. The quantitative estimate of drug-likeness (QED) is 0.634. The van der Waals surface area contributed by atoms with Crippen LogP contribution in [-0.2, 0) is 5.60 Å². The van der Waals surface area contributed by atoms with Crippen LogP contribution < -0.4 is 5.32 Å². The minimum atomic E-state index is -4.79. The highest BCUT2D eigenvalue weighted by atomic mass is 19.4. The van der Waals surface area contributed by atoms with E-state index in [1.807, 2.05) is 18.2 Å². The molecule has 2 fully saturated rings. The predicted molar refractivity (Wildman–Crippen MR) is 107 cm³/mol. The van der Waals surface area contributed by atoms with E-state index in [2.05, 4.69) is 10.3 Å². The molecule has 8 heteroatoms. The van der Waals surface area contributed by atoms with E-state index in [0.717, 1.165) is 19.2 Å². The summed E-state index contributed by atoms with van der Waals surface area (Å²) in [5.41, 5.74) is -1.11. The van der Waals surface area contributed by atoms with Gasteiger partial charge in [0.15, 0.2) is 5.60 Å². The lowest BCUT2D eigenvalue weighted by Gasteiger charge is -2.26. The highest BCUT2D eigenvalue weighted by Crippen LogP contribution is 2.58. The topological polar surface area (TPSA) is 62.5 Å². The molecule has 2 aliphatic carbocycles. The van der Waals surface area contributed by atoms with E-state index < -0.39 is 11.8 Å². The lowest BCUT2D eigenvalue weighted by molar-refractivity contribution is -0.259. The number of hydrogen-bond acceptors (Lipinski definition) is 4. The Labute approximate surface area is 172 Å². The number of anilines is 1. The zero-order chi connectivity index (χ0) is 21.1. The van der Waals surface area contributed by atoms with Gasteiger partial charge < -0.3 is 10.4 Å². The number of pyridine rings is 2. The second kappa shape index (κ2) is 6.44. The first kappa shape index (κ1) is 19.4. The molecule has 5 rings (SSSR count). The second-order valence-electron chi connectivity index (χ2n) is 8.72. The fraction of sp³-hybridized carbons (Fsp3) is 0.455. The first-order valence-electron chi connectivity index (χ1n) is 10.2. The van der Waals surface area contributed by atoms with Gasteiger partial charge in [-0.25, -0.2) is 9.97 Å². The maximum Gasteiger partial charge on any atom is 0.421 e. The molecule has 0 aliphatic heterocycles. The first-order valence-corrected chi connectivity index (χ1v) is 10.2. The number of aliphatic hydroxyl groups is 1. The van der Waals surface area contributed by atoms with E-state index in [1.165, 1.54) is 44.0 Å². The summed E-state index contributed by atoms with van der Waals surface area (Å²) >= 11 is 0. The van der Waals surface area contributed by atoms with Gasteiger partial charge in [-0.1, -0.05) is 18.6 Å². The Hall–Kier alpha value is -2.61. The second-order valence-corrected chi connectivity index (χ2v) is 8.72. The number of aromatic nitrogens is 3. The van der Waals surface area contributed by atoms with Crippen molar-refractivity contribution >= 4 is 11.5 Å². The Morgan fingerprint density at radius 1 is 1.17 bits per heavy atom. The van der Waals surface area contributed by atoms with Gasteiger partial charge in [0.2, 0.25) is 0 Å². The average Bonchev–Trinajstić information content (AvgIpc) is 3.19. The molecule has 0 aromatic carbocycles. The molecule has 3 aromatic heterocycles. The van der Waals surface area contributed by atoms with Gasteiger partial charge in [0.25, 0.3) is 0 Å². The van der Waals surface area contributed by atoms with Crippen LogP contribution in [0.3, 0.4) is 0 Å². The van der Waals surface area contributed by atoms with Crippen LogP contribution >= 0.6 is 0 Å². The summed E-state index contributed by atoms with van der Waals surface area (Å²) in [6, 6.07) is 8.76. The summed E-state index contributed by atoms with van der Waals surface area (Å²) in [7, 11) is 0. The third kappa shape index (κ3) is 3.05. The minimum absolute atomic E-state index is 0.252. The van der Waals surface area contributed by atoms with Crippen LogP contribution in [0.15, 0.2) is 42.7 Å². The molecule has 30 heavy (non-hydrogen) atoms. The van der Waals surface area contributed by atoms with Gasteiger partial charge in [-0.15, -0.1) is 0 Å². The van der Waals surface area contributed by atoms with Crippen LogP contribution in [-0.4, -0.2) is 31.7 Å². The SMILES string of the molecule is C[C@](O)(c1ccc2ncc(-c3cccc(N[C@H]4CCCC45CC5)n3)n2c1)C(F)(F)F. The number of hydrogen-bond donors (Lipinski definition) is 2. The smallest absolute Gasteiger partial charge is 0.376 e. The van der Waals surface area contributed by atoms with Crippen molar-refractivity contribution in [3.8, 4) is 11.4 Å². The molecule has 0 radical (unpaired) electrons. The molecule has 0 saturated heterocycles. The number of nitrogens with one attached hydrogen (secondary N) is 1. The summed E-state index contributed by atoms with van der Waals surface area (Å²) in [5, 5.41) is 13.6. The molecule has 3 aromatic rings. The van der Waals surface area contributed by atoms with Crippen LogP contribution in [0, 0.1) is 5.41 Å². The van der Waals surface area contributed by atoms with Crippen molar-refractivity contribution in [3.05, 3.63) is 48.3 Å². The van der Waals surface area contributed by atoms with Gasteiger partial charge in [0.05, 0.1) is 17.6 Å². The largest absolute Gasteiger partial charge is 0.421 e. The van der Waals surface area contributed by atoms with Gasteiger partial charge in [0, 0.05) is 17.8 Å². The highest BCUT2D eigenvalue weighted by Gasteiger charge is 2.52. The summed E-state index contributed by atoms with van der Waals surface area (Å²) in [5.74, 6) is 0.763. The number of rotatable bonds is 4. The van der Waals surface area contributed by atoms with Gasteiger partial charge >= 0.3 is 6.18 Å². The van der Waals surface area contributed by atoms with Crippen molar-refractivity contribution in [1.29, 1.82) is 0 Å². The van der Waals surface area contributed by atoms with Crippen molar-refractivity contribution < 1.29 is 18.3 Å².